The number of anilines is 1. The van der Waals surface area contributed by atoms with E-state index in [1.165, 1.54) is 20.2 Å². The molecular formula is C20H28N6O7. The van der Waals surface area contributed by atoms with Gasteiger partial charge >= 0.3 is 18.0 Å². The lowest BCUT2D eigenvalue weighted by Crippen LogP contribution is -2.57. The van der Waals surface area contributed by atoms with Gasteiger partial charge < -0.3 is 29.2 Å². The van der Waals surface area contributed by atoms with E-state index in [1.54, 1.807) is 17.8 Å². The van der Waals surface area contributed by atoms with Gasteiger partial charge in [0.15, 0.2) is 23.1 Å². The Morgan fingerprint density at radius 3 is 2.58 bits per heavy atom. The highest BCUT2D eigenvalue weighted by Crippen LogP contribution is 2.33. The number of carbonyl (C=O) groups excluding carboxylic acids is 3. The average molecular weight is 464 g/mol. The third-order valence-corrected chi connectivity index (χ3v) is 4.96. The van der Waals surface area contributed by atoms with E-state index in [2.05, 4.69) is 20.3 Å². The van der Waals surface area contributed by atoms with Gasteiger partial charge in [-0.05, 0) is 6.92 Å². The number of imidazole rings is 1. The maximum Gasteiger partial charge on any atom is 0.407 e. The second-order valence-electron chi connectivity index (χ2n) is 7.63. The molecular weight excluding hydrogens is 436 g/mol. The van der Waals surface area contributed by atoms with Crippen molar-refractivity contribution in [1.82, 2.24) is 24.8 Å². The summed E-state index contributed by atoms with van der Waals surface area (Å²) < 4.78 is 23.5. The predicted octanol–water partition coefficient (Wildman–Crippen LogP) is 0.789. The Balaban J connectivity index is 1.97. The zero-order valence-electron chi connectivity index (χ0n) is 19.2. The maximum atomic E-state index is 12.2. The fourth-order valence-corrected chi connectivity index (χ4v) is 3.65. The quantitative estimate of drug-likeness (QED) is 0.458. The molecule has 0 bridgehead atoms. The standard InChI is InChI=1S/C20H28N6O7/c1-6-30-20(29)24-13-7-15(33-14(8-31-11(2)27)17(13)32-12(3)28)26-10-23-16-18(25(4)5)21-9-22-19(16)26/h9-10,13-15,17H,6-8H2,1-5H3,(H,24,29)/t13-,14-,15+,17+/m1/s1. The van der Waals surface area contributed by atoms with Crippen LogP contribution in [-0.4, -0.2) is 83.1 Å². The van der Waals surface area contributed by atoms with Crippen LogP contribution < -0.4 is 10.2 Å². The second-order valence-corrected chi connectivity index (χ2v) is 7.63. The third-order valence-electron chi connectivity index (χ3n) is 4.96. The Kier molecular flexibility index (Phi) is 7.63. The summed E-state index contributed by atoms with van der Waals surface area (Å²) >= 11 is 0. The number of nitrogens with one attached hydrogen (secondary N) is 1. The topological polar surface area (TPSA) is 147 Å². The Labute approximate surface area is 190 Å². The minimum absolute atomic E-state index is 0.171. The molecule has 1 aliphatic rings. The van der Waals surface area contributed by atoms with Crippen LogP contribution in [0.2, 0.25) is 0 Å². The van der Waals surface area contributed by atoms with Gasteiger partial charge in [-0.25, -0.2) is 19.7 Å². The molecule has 1 fully saturated rings. The minimum atomic E-state index is -0.913. The van der Waals surface area contributed by atoms with Gasteiger partial charge in [0.1, 0.15) is 25.3 Å². The zero-order valence-corrected chi connectivity index (χ0v) is 19.2. The molecule has 0 spiro atoms. The number of alkyl carbamates (subject to hydrolysis) is 1. The van der Waals surface area contributed by atoms with Crippen LogP contribution in [0.5, 0.6) is 0 Å². The molecule has 2 aromatic heterocycles. The molecule has 180 valence electrons. The van der Waals surface area contributed by atoms with Crippen molar-refractivity contribution in [2.24, 2.45) is 0 Å². The van der Waals surface area contributed by atoms with Gasteiger partial charge in [-0.15, -0.1) is 0 Å². The van der Waals surface area contributed by atoms with E-state index in [0.717, 1.165) is 0 Å². The summed E-state index contributed by atoms with van der Waals surface area (Å²) in [5, 5.41) is 2.73. The van der Waals surface area contributed by atoms with Crippen molar-refractivity contribution in [1.29, 1.82) is 0 Å². The van der Waals surface area contributed by atoms with Crippen molar-refractivity contribution in [3.05, 3.63) is 12.7 Å². The van der Waals surface area contributed by atoms with Crippen molar-refractivity contribution in [2.45, 2.75) is 51.7 Å². The van der Waals surface area contributed by atoms with E-state index in [4.69, 9.17) is 18.9 Å². The molecule has 33 heavy (non-hydrogen) atoms. The minimum Gasteiger partial charge on any atom is -0.463 e. The number of ether oxygens (including phenoxy) is 4. The van der Waals surface area contributed by atoms with Gasteiger partial charge in [-0.2, -0.15) is 0 Å². The van der Waals surface area contributed by atoms with Gasteiger partial charge in [-0.3, -0.25) is 14.2 Å². The first-order valence-corrected chi connectivity index (χ1v) is 10.4. The van der Waals surface area contributed by atoms with Crippen molar-refractivity contribution < 1.29 is 33.3 Å². The first-order chi connectivity index (χ1) is 15.7. The van der Waals surface area contributed by atoms with Gasteiger partial charge in [0.25, 0.3) is 0 Å². The molecule has 0 aromatic carbocycles. The molecule has 3 heterocycles. The number of carbonyl (C=O) groups is 3. The lowest BCUT2D eigenvalue weighted by atomic mass is 9.97. The van der Waals surface area contributed by atoms with E-state index in [1.807, 2.05) is 19.0 Å². The Hall–Kier alpha value is -3.48. The van der Waals surface area contributed by atoms with Crippen LogP contribution in [0.25, 0.3) is 11.2 Å². The number of nitrogens with zero attached hydrogens (tertiary/aromatic N) is 5. The maximum absolute atomic E-state index is 12.2. The lowest BCUT2D eigenvalue weighted by Gasteiger charge is -2.41. The van der Waals surface area contributed by atoms with Crippen LogP contribution in [-0.2, 0) is 28.5 Å². The summed E-state index contributed by atoms with van der Waals surface area (Å²) in [6.07, 6.45) is 0.0808. The summed E-state index contributed by atoms with van der Waals surface area (Å²) in [4.78, 5) is 50.2. The van der Waals surface area contributed by atoms with E-state index >= 15 is 0 Å². The molecule has 3 rings (SSSR count). The zero-order chi connectivity index (χ0) is 24.1. The van der Waals surface area contributed by atoms with Crippen LogP contribution in [0.3, 0.4) is 0 Å². The van der Waals surface area contributed by atoms with E-state index in [-0.39, 0.29) is 19.6 Å². The average Bonchev–Trinajstić information content (AvgIpc) is 3.17. The normalized spacial score (nSPS) is 22.5. The van der Waals surface area contributed by atoms with Crippen LogP contribution in [0.15, 0.2) is 12.7 Å². The first kappa shape index (κ1) is 24.2. The Bertz CT molecular complexity index is 1010. The van der Waals surface area contributed by atoms with Crippen LogP contribution in [0, 0.1) is 0 Å². The van der Waals surface area contributed by atoms with Gasteiger partial charge in [0.05, 0.1) is 19.0 Å². The molecule has 0 radical (unpaired) electrons. The van der Waals surface area contributed by atoms with Crippen LogP contribution in [0.1, 0.15) is 33.4 Å². The monoisotopic (exact) mass is 464 g/mol. The number of rotatable bonds is 7. The number of esters is 2. The molecule has 1 amide bonds. The molecule has 0 unspecified atom stereocenters. The van der Waals surface area contributed by atoms with Crippen molar-refractivity contribution in [2.75, 3.05) is 32.2 Å². The molecule has 13 nitrogen and oxygen atoms in total. The van der Waals surface area contributed by atoms with Crippen molar-refractivity contribution in [3.63, 3.8) is 0 Å². The first-order valence-electron chi connectivity index (χ1n) is 10.4. The van der Waals surface area contributed by atoms with E-state index < -0.39 is 42.5 Å². The molecule has 1 aliphatic heterocycles. The van der Waals surface area contributed by atoms with Gasteiger partial charge in [0.2, 0.25) is 0 Å². The van der Waals surface area contributed by atoms with Crippen molar-refractivity contribution >= 4 is 35.0 Å². The number of hydrogen-bond acceptors (Lipinski definition) is 11. The highest BCUT2D eigenvalue weighted by molar-refractivity contribution is 5.83. The number of fused-ring (bicyclic) bond motifs is 1. The highest BCUT2D eigenvalue weighted by Gasteiger charge is 2.43. The van der Waals surface area contributed by atoms with E-state index in [0.29, 0.717) is 17.0 Å². The molecule has 4 atom stereocenters. The van der Waals surface area contributed by atoms with Crippen LogP contribution >= 0.6 is 0 Å². The number of amides is 1. The van der Waals surface area contributed by atoms with E-state index in [9.17, 15) is 14.4 Å². The molecule has 2 aromatic rings. The summed E-state index contributed by atoms with van der Waals surface area (Å²) in [7, 11) is 3.69. The third kappa shape index (κ3) is 5.66. The smallest absolute Gasteiger partial charge is 0.407 e. The summed E-state index contributed by atoms with van der Waals surface area (Å²) in [6.45, 7) is 4.18. The highest BCUT2D eigenvalue weighted by atomic mass is 16.6. The fraction of sp³-hybridized carbons (Fsp3) is 0.600. The Morgan fingerprint density at radius 2 is 1.94 bits per heavy atom. The fourth-order valence-electron chi connectivity index (χ4n) is 3.65. The molecule has 0 aliphatic carbocycles. The predicted molar refractivity (Wildman–Crippen MR) is 114 cm³/mol. The van der Waals surface area contributed by atoms with Gasteiger partial charge in [0, 0.05) is 34.4 Å². The van der Waals surface area contributed by atoms with Gasteiger partial charge in [-0.1, -0.05) is 0 Å². The lowest BCUT2D eigenvalue weighted by molar-refractivity contribution is -0.198. The second kappa shape index (κ2) is 10.4. The number of aromatic nitrogens is 4. The Morgan fingerprint density at radius 1 is 1.18 bits per heavy atom. The summed E-state index contributed by atoms with van der Waals surface area (Å²) in [5.74, 6) is -0.458. The number of hydrogen-bond donors (Lipinski definition) is 1. The molecule has 13 heteroatoms. The van der Waals surface area contributed by atoms with Crippen LogP contribution in [0.4, 0.5) is 10.6 Å². The SMILES string of the molecule is CCOC(=O)N[C@@H]1C[C@@H](n2cnc3c(N(C)C)ncnc32)O[C@H](COC(C)=O)[C@H]1OC(C)=O. The summed E-state index contributed by atoms with van der Waals surface area (Å²) in [6, 6.07) is -0.695. The molecule has 1 saturated heterocycles. The van der Waals surface area contributed by atoms with Crippen molar-refractivity contribution in [3.8, 4) is 0 Å². The molecule has 1 N–H and O–H groups in total. The summed E-state index contributed by atoms with van der Waals surface area (Å²) in [5.41, 5.74) is 1.09. The molecule has 0 saturated carbocycles. The largest absolute Gasteiger partial charge is 0.463 e.